The van der Waals surface area contributed by atoms with Gasteiger partial charge in [-0.15, -0.1) is 0 Å². The summed E-state index contributed by atoms with van der Waals surface area (Å²) in [6.07, 6.45) is 27.4. The zero-order chi connectivity index (χ0) is 19.1. The molecule has 2 nitrogen and oxygen atoms in total. The van der Waals surface area contributed by atoms with Gasteiger partial charge in [-0.05, 0) is 19.3 Å². The van der Waals surface area contributed by atoms with Gasteiger partial charge >= 0.3 is 0 Å². The molecule has 0 rings (SSSR count). The van der Waals surface area contributed by atoms with Gasteiger partial charge in [0, 0.05) is 6.61 Å². The first-order valence-corrected chi connectivity index (χ1v) is 12.1. The van der Waals surface area contributed by atoms with E-state index in [1.54, 1.807) is 0 Å². The molecule has 0 aromatic heterocycles. The number of aliphatic hydroxyl groups excluding tert-OH is 2. The van der Waals surface area contributed by atoms with E-state index in [0.717, 1.165) is 25.7 Å². The highest BCUT2D eigenvalue weighted by Crippen LogP contribution is 2.15. The number of unbranched alkanes of at least 4 members (excludes halogenated alkanes) is 17. The van der Waals surface area contributed by atoms with Crippen LogP contribution in [-0.2, 0) is 0 Å². The van der Waals surface area contributed by atoms with Gasteiger partial charge < -0.3 is 10.2 Å². The minimum absolute atomic E-state index is 0.191. The van der Waals surface area contributed by atoms with Crippen LogP contribution in [0.3, 0.4) is 0 Å². The number of aliphatic hydroxyl groups is 2. The lowest BCUT2D eigenvalue weighted by Gasteiger charge is -2.09. The maximum Gasteiger partial charge on any atom is 0.0541 e. The SMILES string of the molecule is CCCCCCCCCCCCCCCCCCCCC(O)CCCO. The van der Waals surface area contributed by atoms with Crippen molar-refractivity contribution in [1.82, 2.24) is 0 Å². The molecule has 0 bridgehead atoms. The Morgan fingerprint density at radius 2 is 0.769 bits per heavy atom. The fourth-order valence-corrected chi connectivity index (χ4v) is 3.75. The van der Waals surface area contributed by atoms with E-state index >= 15 is 0 Å². The zero-order valence-electron chi connectivity index (χ0n) is 18.0. The molecule has 1 atom stereocenters. The number of rotatable bonds is 22. The van der Waals surface area contributed by atoms with E-state index in [1.165, 1.54) is 109 Å². The van der Waals surface area contributed by atoms with E-state index in [2.05, 4.69) is 6.92 Å². The maximum absolute atomic E-state index is 9.70. The summed E-state index contributed by atoms with van der Waals surface area (Å²) in [6.45, 7) is 2.49. The lowest BCUT2D eigenvalue weighted by Crippen LogP contribution is -2.06. The summed E-state index contributed by atoms with van der Waals surface area (Å²) in [6, 6.07) is 0. The molecule has 0 fully saturated rings. The fraction of sp³-hybridized carbons (Fsp3) is 1.00. The van der Waals surface area contributed by atoms with Crippen molar-refractivity contribution in [3.63, 3.8) is 0 Å². The second kappa shape index (κ2) is 23.0. The van der Waals surface area contributed by atoms with E-state index in [4.69, 9.17) is 5.11 Å². The number of hydrogen-bond acceptors (Lipinski definition) is 2. The Hall–Kier alpha value is -0.0800. The second-order valence-corrected chi connectivity index (χ2v) is 8.32. The van der Waals surface area contributed by atoms with Gasteiger partial charge in [0.25, 0.3) is 0 Å². The molecule has 0 spiro atoms. The molecule has 0 saturated carbocycles. The minimum atomic E-state index is -0.191. The van der Waals surface area contributed by atoms with Crippen LogP contribution < -0.4 is 0 Å². The van der Waals surface area contributed by atoms with Crippen LogP contribution in [0.4, 0.5) is 0 Å². The predicted octanol–water partition coefficient (Wildman–Crippen LogP) is 7.55. The van der Waals surface area contributed by atoms with Crippen LogP contribution in [0.1, 0.15) is 142 Å². The average Bonchev–Trinajstić information content (AvgIpc) is 2.65. The van der Waals surface area contributed by atoms with Gasteiger partial charge in [0.15, 0.2) is 0 Å². The van der Waals surface area contributed by atoms with Crippen molar-refractivity contribution >= 4 is 0 Å². The van der Waals surface area contributed by atoms with Crippen LogP contribution in [-0.4, -0.2) is 22.9 Å². The molecule has 0 aromatic rings. The summed E-state index contributed by atoms with van der Waals surface area (Å²) in [4.78, 5) is 0. The van der Waals surface area contributed by atoms with Crippen molar-refractivity contribution in [2.24, 2.45) is 0 Å². The highest BCUT2D eigenvalue weighted by molar-refractivity contribution is 4.56. The third-order valence-corrected chi connectivity index (χ3v) is 5.59. The van der Waals surface area contributed by atoms with E-state index in [-0.39, 0.29) is 12.7 Å². The van der Waals surface area contributed by atoms with Crippen LogP contribution in [0.5, 0.6) is 0 Å². The quantitative estimate of drug-likeness (QED) is 0.193. The lowest BCUT2D eigenvalue weighted by molar-refractivity contribution is 0.137. The Morgan fingerprint density at radius 1 is 0.462 bits per heavy atom. The summed E-state index contributed by atoms with van der Waals surface area (Å²) in [5, 5.41) is 18.4. The van der Waals surface area contributed by atoms with Crippen LogP contribution in [0, 0.1) is 0 Å². The van der Waals surface area contributed by atoms with Crippen molar-refractivity contribution in [2.45, 2.75) is 148 Å². The Morgan fingerprint density at radius 3 is 1.12 bits per heavy atom. The molecule has 1 unspecified atom stereocenters. The largest absolute Gasteiger partial charge is 0.396 e. The molecule has 0 aliphatic rings. The molecule has 0 radical (unpaired) electrons. The second-order valence-electron chi connectivity index (χ2n) is 8.32. The van der Waals surface area contributed by atoms with Crippen molar-refractivity contribution < 1.29 is 10.2 Å². The summed E-state index contributed by atoms with van der Waals surface area (Å²) < 4.78 is 0. The molecule has 0 aliphatic carbocycles. The average molecular weight is 371 g/mol. The molecule has 26 heavy (non-hydrogen) atoms. The summed E-state index contributed by atoms with van der Waals surface area (Å²) in [5.41, 5.74) is 0. The van der Waals surface area contributed by atoms with Gasteiger partial charge in [-0.1, -0.05) is 122 Å². The molecule has 0 saturated heterocycles. The molecule has 0 amide bonds. The summed E-state index contributed by atoms with van der Waals surface area (Å²) >= 11 is 0. The zero-order valence-corrected chi connectivity index (χ0v) is 18.0. The third-order valence-electron chi connectivity index (χ3n) is 5.59. The number of hydrogen-bond donors (Lipinski definition) is 2. The van der Waals surface area contributed by atoms with Gasteiger partial charge in [-0.3, -0.25) is 0 Å². The molecular formula is C24H50O2. The van der Waals surface area contributed by atoms with Gasteiger partial charge in [0.1, 0.15) is 0 Å². The first-order chi connectivity index (χ1) is 12.8. The van der Waals surface area contributed by atoms with Gasteiger partial charge in [0.2, 0.25) is 0 Å². The lowest BCUT2D eigenvalue weighted by atomic mass is 10.0. The Labute approximate surface area is 165 Å². The summed E-state index contributed by atoms with van der Waals surface area (Å²) in [5.74, 6) is 0. The topological polar surface area (TPSA) is 40.5 Å². The first-order valence-electron chi connectivity index (χ1n) is 12.1. The maximum atomic E-state index is 9.70. The smallest absolute Gasteiger partial charge is 0.0541 e. The molecule has 0 heterocycles. The Balaban J connectivity index is 3.03. The van der Waals surface area contributed by atoms with Gasteiger partial charge in [0.05, 0.1) is 6.10 Å². The van der Waals surface area contributed by atoms with Crippen LogP contribution >= 0.6 is 0 Å². The fourth-order valence-electron chi connectivity index (χ4n) is 3.75. The first kappa shape index (κ1) is 25.9. The van der Waals surface area contributed by atoms with E-state index in [1.807, 2.05) is 0 Å². The Kier molecular flexibility index (Phi) is 22.9. The monoisotopic (exact) mass is 370 g/mol. The van der Waals surface area contributed by atoms with Crippen LogP contribution in [0.2, 0.25) is 0 Å². The van der Waals surface area contributed by atoms with Crippen LogP contribution in [0.15, 0.2) is 0 Å². The molecular weight excluding hydrogens is 320 g/mol. The molecule has 2 heteroatoms. The minimum Gasteiger partial charge on any atom is -0.396 e. The van der Waals surface area contributed by atoms with Crippen molar-refractivity contribution in [3.8, 4) is 0 Å². The Bertz CT molecular complexity index is 242. The molecule has 158 valence electrons. The van der Waals surface area contributed by atoms with Crippen molar-refractivity contribution in [2.75, 3.05) is 6.61 Å². The van der Waals surface area contributed by atoms with Crippen molar-refractivity contribution in [3.05, 3.63) is 0 Å². The third kappa shape index (κ3) is 22.0. The van der Waals surface area contributed by atoms with Crippen LogP contribution in [0.25, 0.3) is 0 Å². The van der Waals surface area contributed by atoms with E-state index in [0.29, 0.717) is 0 Å². The molecule has 0 aliphatic heterocycles. The summed E-state index contributed by atoms with van der Waals surface area (Å²) in [7, 11) is 0. The van der Waals surface area contributed by atoms with Gasteiger partial charge in [-0.25, -0.2) is 0 Å². The molecule has 2 N–H and O–H groups in total. The predicted molar refractivity (Wildman–Crippen MR) is 116 cm³/mol. The van der Waals surface area contributed by atoms with E-state index in [9.17, 15) is 5.11 Å². The highest BCUT2D eigenvalue weighted by atomic mass is 16.3. The molecule has 0 aromatic carbocycles. The van der Waals surface area contributed by atoms with E-state index < -0.39 is 0 Å². The van der Waals surface area contributed by atoms with Gasteiger partial charge in [-0.2, -0.15) is 0 Å². The highest BCUT2D eigenvalue weighted by Gasteiger charge is 2.02. The standard InChI is InChI=1S/C24H50O2/c1-2-3-4-5-6-7-8-9-10-11-12-13-14-15-16-17-18-19-21-24(26)22-20-23-25/h24-26H,2-23H2,1H3. The normalized spacial score (nSPS) is 12.6. The van der Waals surface area contributed by atoms with Crippen molar-refractivity contribution in [1.29, 1.82) is 0 Å².